The molecule has 36 heavy (non-hydrogen) atoms. The van der Waals surface area contributed by atoms with Gasteiger partial charge in [-0.05, 0) is 51.0 Å². The standard InChI is InChI=1S/C25H40O11/c1-13-8-15(26)9-24(3,4)16(13)7-6-14(2)35-23-22(32)21(31)20(30)17(36-23)12-34-19(29)11-25(5,33)10-18(27)28/h8,14,16-17,20-23,30-33H,6-7,9-12H2,1-5H3,(H,27,28)/t14?,16?,17-,20-,21+,22-,23-,25?/m1/s1. The fourth-order valence-electron chi connectivity index (χ4n) is 5.00. The minimum absolute atomic E-state index is 0.113. The average molecular weight is 517 g/mol. The Balaban J connectivity index is 1.92. The van der Waals surface area contributed by atoms with Gasteiger partial charge in [-0.15, -0.1) is 0 Å². The normalized spacial score (nSPS) is 32.8. The summed E-state index contributed by atoms with van der Waals surface area (Å²) in [6.07, 6.45) is -5.46. The number of aliphatic hydroxyl groups is 4. The van der Waals surface area contributed by atoms with Crippen LogP contribution in [0.4, 0.5) is 0 Å². The van der Waals surface area contributed by atoms with E-state index >= 15 is 0 Å². The van der Waals surface area contributed by atoms with Crippen LogP contribution in [-0.4, -0.2) is 92.3 Å². The monoisotopic (exact) mass is 516 g/mol. The van der Waals surface area contributed by atoms with E-state index in [1.807, 2.05) is 6.92 Å². The minimum Gasteiger partial charge on any atom is -0.481 e. The van der Waals surface area contributed by atoms with Crippen LogP contribution in [0.5, 0.6) is 0 Å². The van der Waals surface area contributed by atoms with Gasteiger partial charge >= 0.3 is 11.9 Å². The Morgan fingerprint density at radius 1 is 1.19 bits per heavy atom. The number of carbonyl (C=O) groups is 3. The Morgan fingerprint density at radius 3 is 2.42 bits per heavy atom. The number of allylic oxidation sites excluding steroid dienone is 2. The maximum atomic E-state index is 12.0. The molecule has 1 heterocycles. The van der Waals surface area contributed by atoms with E-state index in [4.69, 9.17) is 19.3 Å². The first kappa shape index (κ1) is 30.3. The van der Waals surface area contributed by atoms with E-state index in [2.05, 4.69) is 13.8 Å². The molecular formula is C25H40O11. The molecule has 3 unspecified atom stereocenters. The molecule has 11 nitrogen and oxygen atoms in total. The number of aliphatic carboxylic acids is 1. The molecule has 1 aliphatic carbocycles. The Morgan fingerprint density at radius 2 is 1.83 bits per heavy atom. The van der Waals surface area contributed by atoms with Crippen molar-refractivity contribution in [2.45, 2.75) is 109 Å². The van der Waals surface area contributed by atoms with Crippen LogP contribution in [0, 0.1) is 11.3 Å². The number of esters is 1. The molecule has 0 aromatic heterocycles. The van der Waals surface area contributed by atoms with Crippen molar-refractivity contribution in [2.24, 2.45) is 11.3 Å². The number of carboxylic acid groups (broad SMARTS) is 1. The second-order valence-electron chi connectivity index (χ2n) is 11.0. The third-order valence-electron chi connectivity index (χ3n) is 6.87. The quantitative estimate of drug-likeness (QED) is 0.244. The van der Waals surface area contributed by atoms with Gasteiger partial charge in [0.25, 0.3) is 0 Å². The first-order valence-corrected chi connectivity index (χ1v) is 12.2. The summed E-state index contributed by atoms with van der Waals surface area (Å²) in [7, 11) is 0. The van der Waals surface area contributed by atoms with Crippen molar-refractivity contribution in [3.8, 4) is 0 Å². The van der Waals surface area contributed by atoms with E-state index in [1.165, 1.54) is 6.92 Å². The Bertz CT molecular complexity index is 834. The molecule has 1 saturated heterocycles. The van der Waals surface area contributed by atoms with Gasteiger partial charge in [-0.3, -0.25) is 14.4 Å². The molecule has 0 aromatic carbocycles. The highest BCUT2D eigenvalue weighted by Gasteiger charge is 2.45. The molecule has 2 rings (SSSR count). The number of hydrogen-bond donors (Lipinski definition) is 5. The molecular weight excluding hydrogens is 476 g/mol. The molecule has 0 amide bonds. The molecule has 8 atom stereocenters. The van der Waals surface area contributed by atoms with Crippen molar-refractivity contribution in [2.75, 3.05) is 6.61 Å². The topological polar surface area (TPSA) is 180 Å². The van der Waals surface area contributed by atoms with Gasteiger partial charge in [0.2, 0.25) is 0 Å². The lowest BCUT2D eigenvalue weighted by Gasteiger charge is -2.41. The Kier molecular flexibility index (Phi) is 10.2. The Labute approximate surface area is 211 Å². The van der Waals surface area contributed by atoms with Crippen LogP contribution < -0.4 is 0 Å². The van der Waals surface area contributed by atoms with Gasteiger partial charge in [-0.25, -0.2) is 0 Å². The average Bonchev–Trinajstić information content (AvgIpc) is 2.70. The van der Waals surface area contributed by atoms with E-state index < -0.39 is 73.8 Å². The Hall–Kier alpha value is -1.89. The zero-order valence-electron chi connectivity index (χ0n) is 21.5. The molecule has 0 bridgehead atoms. The lowest BCUT2D eigenvalue weighted by atomic mass is 9.66. The highest BCUT2D eigenvalue weighted by Crippen LogP contribution is 2.42. The molecule has 0 spiro atoms. The fourth-order valence-corrected chi connectivity index (χ4v) is 5.00. The molecule has 206 valence electrons. The second-order valence-corrected chi connectivity index (χ2v) is 11.0. The highest BCUT2D eigenvalue weighted by atomic mass is 16.7. The van der Waals surface area contributed by atoms with Gasteiger partial charge in [0.1, 0.15) is 31.0 Å². The van der Waals surface area contributed by atoms with E-state index in [0.717, 1.165) is 12.0 Å². The number of ketones is 1. The summed E-state index contributed by atoms with van der Waals surface area (Å²) in [4.78, 5) is 34.7. The maximum absolute atomic E-state index is 12.0. The van der Waals surface area contributed by atoms with Crippen molar-refractivity contribution in [1.29, 1.82) is 0 Å². The maximum Gasteiger partial charge on any atom is 0.308 e. The summed E-state index contributed by atoms with van der Waals surface area (Å²) in [6.45, 7) is 8.51. The van der Waals surface area contributed by atoms with Gasteiger partial charge in [0.05, 0.1) is 24.5 Å². The lowest BCUT2D eigenvalue weighted by Crippen LogP contribution is -2.59. The van der Waals surface area contributed by atoms with E-state index in [1.54, 1.807) is 13.0 Å². The molecule has 0 saturated carbocycles. The third kappa shape index (κ3) is 8.32. The van der Waals surface area contributed by atoms with Crippen LogP contribution in [0.3, 0.4) is 0 Å². The predicted octanol–water partition coefficient (Wildman–Crippen LogP) is 0.700. The van der Waals surface area contributed by atoms with Crippen LogP contribution in [0.15, 0.2) is 11.6 Å². The zero-order valence-corrected chi connectivity index (χ0v) is 21.5. The number of rotatable bonds is 11. The van der Waals surface area contributed by atoms with Crippen LogP contribution >= 0.6 is 0 Å². The largest absolute Gasteiger partial charge is 0.481 e. The molecule has 1 fully saturated rings. The van der Waals surface area contributed by atoms with Crippen molar-refractivity contribution in [1.82, 2.24) is 0 Å². The molecule has 0 aromatic rings. The van der Waals surface area contributed by atoms with Gasteiger partial charge in [0.15, 0.2) is 12.1 Å². The summed E-state index contributed by atoms with van der Waals surface area (Å²) in [6, 6.07) is 0. The number of carbonyl (C=O) groups excluding carboxylic acids is 2. The number of aliphatic hydroxyl groups excluding tert-OH is 3. The number of ether oxygens (including phenoxy) is 3. The van der Waals surface area contributed by atoms with Crippen LogP contribution in [0.25, 0.3) is 0 Å². The summed E-state index contributed by atoms with van der Waals surface area (Å²) in [5, 5.41) is 49.7. The van der Waals surface area contributed by atoms with E-state index in [9.17, 15) is 34.8 Å². The summed E-state index contributed by atoms with van der Waals surface area (Å²) in [5.74, 6) is -1.91. The van der Waals surface area contributed by atoms with E-state index in [0.29, 0.717) is 12.8 Å². The summed E-state index contributed by atoms with van der Waals surface area (Å²) in [5.41, 5.74) is -1.000. The smallest absolute Gasteiger partial charge is 0.308 e. The zero-order chi connectivity index (χ0) is 27.4. The second kappa shape index (κ2) is 12.1. The summed E-state index contributed by atoms with van der Waals surface area (Å²) < 4.78 is 16.4. The number of carboxylic acids is 1. The molecule has 1 aliphatic heterocycles. The van der Waals surface area contributed by atoms with Crippen molar-refractivity contribution in [3.05, 3.63) is 11.6 Å². The first-order valence-electron chi connectivity index (χ1n) is 12.2. The van der Waals surface area contributed by atoms with Gasteiger partial charge in [0, 0.05) is 6.42 Å². The SMILES string of the molecule is CC1=CC(=O)CC(C)(C)C1CCC(C)O[C@@H]1O[C@H](COC(=O)CC(C)(O)CC(=O)O)[C@@H](O)[C@H](O)[C@H]1O. The van der Waals surface area contributed by atoms with Gasteiger partial charge in [-0.2, -0.15) is 0 Å². The summed E-state index contributed by atoms with van der Waals surface area (Å²) >= 11 is 0. The first-order chi connectivity index (χ1) is 16.5. The fraction of sp³-hybridized carbons (Fsp3) is 0.800. The van der Waals surface area contributed by atoms with Crippen molar-refractivity contribution >= 4 is 17.7 Å². The van der Waals surface area contributed by atoms with Crippen LogP contribution in [0.1, 0.15) is 66.7 Å². The highest BCUT2D eigenvalue weighted by molar-refractivity contribution is 5.91. The lowest BCUT2D eigenvalue weighted by molar-refractivity contribution is -0.311. The van der Waals surface area contributed by atoms with Crippen LogP contribution in [0.2, 0.25) is 0 Å². The van der Waals surface area contributed by atoms with Crippen LogP contribution in [-0.2, 0) is 28.6 Å². The van der Waals surface area contributed by atoms with Crippen molar-refractivity contribution in [3.63, 3.8) is 0 Å². The molecule has 2 aliphatic rings. The molecule has 5 N–H and O–H groups in total. The van der Waals surface area contributed by atoms with Gasteiger partial charge in [-0.1, -0.05) is 19.4 Å². The molecule has 11 heteroatoms. The molecule has 0 radical (unpaired) electrons. The predicted molar refractivity (Wildman–Crippen MR) is 126 cm³/mol. The van der Waals surface area contributed by atoms with E-state index in [-0.39, 0.29) is 17.1 Å². The number of hydrogen-bond acceptors (Lipinski definition) is 10. The van der Waals surface area contributed by atoms with Gasteiger partial charge < -0.3 is 39.7 Å². The van der Waals surface area contributed by atoms with Crippen molar-refractivity contribution < 1.29 is 54.1 Å². The third-order valence-corrected chi connectivity index (χ3v) is 6.87. The minimum atomic E-state index is -1.82.